The van der Waals surface area contributed by atoms with E-state index in [1.165, 1.54) is 18.2 Å². The molecule has 3 rings (SSSR count). The Morgan fingerprint density at radius 1 is 1.07 bits per heavy atom. The molecule has 0 bridgehead atoms. The third kappa shape index (κ3) is 3.96. The van der Waals surface area contributed by atoms with Gasteiger partial charge in [0.2, 0.25) is 0 Å². The number of aromatic nitrogens is 2. The summed E-state index contributed by atoms with van der Waals surface area (Å²) in [6, 6.07) is 9.45. The van der Waals surface area contributed by atoms with Crippen molar-refractivity contribution >= 4 is 16.7 Å². The molecule has 3 aromatic rings. The summed E-state index contributed by atoms with van der Waals surface area (Å²) in [6.45, 7) is 0.806. The Labute approximate surface area is 161 Å². The van der Waals surface area contributed by atoms with Crippen molar-refractivity contribution in [2.24, 2.45) is 0 Å². The minimum Gasteiger partial charge on any atom is -0.493 e. The highest BCUT2D eigenvalue weighted by Crippen LogP contribution is 2.34. The van der Waals surface area contributed by atoms with Crippen LogP contribution in [0.4, 0.5) is 14.6 Å². The molecule has 1 aromatic heterocycles. The number of rotatable bonds is 7. The van der Waals surface area contributed by atoms with E-state index in [9.17, 15) is 8.78 Å². The van der Waals surface area contributed by atoms with E-state index in [2.05, 4.69) is 15.3 Å². The molecule has 0 aliphatic carbocycles. The standard InChI is InChI=1S/C20H21F2N3O3/c1-12-24-16-9-18(28-3)17(27-2)8-15(16)19(25-12)23-10-13-5-4-6-14(7-13)20(21,22)11-26/h4-9,26H,10-11H2,1-3H3,(H,23,24,25). The van der Waals surface area contributed by atoms with Crippen molar-refractivity contribution in [3.8, 4) is 11.5 Å². The van der Waals surface area contributed by atoms with E-state index in [0.717, 1.165) is 5.39 Å². The van der Waals surface area contributed by atoms with Crippen LogP contribution in [-0.2, 0) is 12.5 Å². The number of nitrogens with one attached hydrogen (secondary N) is 1. The molecule has 2 aromatic carbocycles. The van der Waals surface area contributed by atoms with Crippen molar-refractivity contribution in [1.82, 2.24) is 9.97 Å². The Balaban J connectivity index is 1.93. The van der Waals surface area contributed by atoms with E-state index in [1.54, 1.807) is 39.3 Å². The Morgan fingerprint density at radius 3 is 2.46 bits per heavy atom. The number of halogens is 2. The zero-order valence-corrected chi connectivity index (χ0v) is 15.8. The molecule has 148 valence electrons. The molecular weight excluding hydrogens is 368 g/mol. The van der Waals surface area contributed by atoms with Gasteiger partial charge in [0.05, 0.1) is 19.7 Å². The van der Waals surface area contributed by atoms with Crippen molar-refractivity contribution in [3.63, 3.8) is 0 Å². The van der Waals surface area contributed by atoms with Gasteiger partial charge in [-0.15, -0.1) is 0 Å². The average molecular weight is 389 g/mol. The smallest absolute Gasteiger partial charge is 0.295 e. The fourth-order valence-corrected chi connectivity index (χ4v) is 2.89. The molecular formula is C20H21F2N3O3. The van der Waals surface area contributed by atoms with Gasteiger partial charge in [-0.1, -0.05) is 18.2 Å². The van der Waals surface area contributed by atoms with E-state index >= 15 is 0 Å². The lowest BCUT2D eigenvalue weighted by Crippen LogP contribution is -2.18. The molecule has 0 saturated carbocycles. The molecule has 8 heteroatoms. The Hall–Kier alpha value is -3.00. The topological polar surface area (TPSA) is 76.5 Å². The van der Waals surface area contributed by atoms with Gasteiger partial charge in [0, 0.05) is 23.6 Å². The third-order valence-electron chi connectivity index (χ3n) is 4.32. The van der Waals surface area contributed by atoms with Crippen molar-refractivity contribution in [2.45, 2.75) is 19.4 Å². The molecule has 0 amide bonds. The van der Waals surface area contributed by atoms with E-state index in [1.807, 2.05) is 0 Å². The summed E-state index contributed by atoms with van der Waals surface area (Å²) in [4.78, 5) is 8.85. The minimum atomic E-state index is -3.28. The van der Waals surface area contributed by atoms with Crippen LogP contribution >= 0.6 is 0 Å². The summed E-state index contributed by atoms with van der Waals surface area (Å²) in [5.41, 5.74) is 1.08. The number of methoxy groups -OCH3 is 2. The Kier molecular flexibility index (Phi) is 5.60. The van der Waals surface area contributed by atoms with E-state index in [0.29, 0.717) is 34.2 Å². The number of hydrogen-bond donors (Lipinski definition) is 2. The second kappa shape index (κ2) is 7.93. The first-order valence-electron chi connectivity index (χ1n) is 8.60. The van der Waals surface area contributed by atoms with Gasteiger partial charge in [-0.05, 0) is 24.6 Å². The summed E-state index contributed by atoms with van der Waals surface area (Å²) < 4.78 is 38.1. The fraction of sp³-hybridized carbons (Fsp3) is 0.300. The van der Waals surface area contributed by atoms with Crippen LogP contribution in [0.15, 0.2) is 36.4 Å². The third-order valence-corrected chi connectivity index (χ3v) is 4.32. The van der Waals surface area contributed by atoms with Crippen LogP contribution in [0.1, 0.15) is 17.0 Å². The number of nitrogens with zero attached hydrogens (tertiary/aromatic N) is 2. The number of fused-ring (bicyclic) bond motifs is 1. The number of benzene rings is 2. The average Bonchev–Trinajstić information content (AvgIpc) is 2.71. The Morgan fingerprint density at radius 2 is 1.79 bits per heavy atom. The van der Waals surface area contributed by atoms with Crippen molar-refractivity contribution < 1.29 is 23.4 Å². The van der Waals surface area contributed by atoms with E-state index in [4.69, 9.17) is 14.6 Å². The maximum Gasteiger partial charge on any atom is 0.295 e. The molecule has 0 unspecified atom stereocenters. The predicted molar refractivity (Wildman–Crippen MR) is 102 cm³/mol. The molecule has 2 N–H and O–H groups in total. The van der Waals surface area contributed by atoms with Gasteiger partial charge in [0.25, 0.3) is 5.92 Å². The highest BCUT2D eigenvalue weighted by Gasteiger charge is 2.30. The monoisotopic (exact) mass is 389 g/mol. The molecule has 1 heterocycles. The summed E-state index contributed by atoms with van der Waals surface area (Å²) in [6.07, 6.45) is 0. The number of alkyl halides is 2. The van der Waals surface area contributed by atoms with Crippen LogP contribution in [0.3, 0.4) is 0 Å². The number of anilines is 1. The molecule has 6 nitrogen and oxygen atoms in total. The van der Waals surface area contributed by atoms with E-state index in [-0.39, 0.29) is 12.1 Å². The number of aryl methyl sites for hydroxylation is 1. The van der Waals surface area contributed by atoms with Gasteiger partial charge in [-0.25, -0.2) is 9.97 Å². The molecule has 0 aliphatic rings. The summed E-state index contributed by atoms with van der Waals surface area (Å²) in [5, 5.41) is 12.8. The molecule has 28 heavy (non-hydrogen) atoms. The van der Waals surface area contributed by atoms with Crippen molar-refractivity contribution in [3.05, 3.63) is 53.3 Å². The first kappa shape index (κ1) is 19.8. The van der Waals surface area contributed by atoms with E-state index < -0.39 is 12.5 Å². The molecule has 0 spiro atoms. The van der Waals surface area contributed by atoms with Gasteiger partial charge >= 0.3 is 0 Å². The summed E-state index contributed by atoms with van der Waals surface area (Å²) >= 11 is 0. The SMILES string of the molecule is COc1cc2nc(C)nc(NCc3cccc(C(F)(F)CO)c3)c2cc1OC. The van der Waals surface area contributed by atoms with Gasteiger partial charge in [-0.2, -0.15) is 8.78 Å². The zero-order chi connectivity index (χ0) is 20.3. The molecule has 0 atom stereocenters. The van der Waals surface area contributed by atoms with Crippen LogP contribution in [0.2, 0.25) is 0 Å². The lowest BCUT2D eigenvalue weighted by atomic mass is 10.1. The minimum absolute atomic E-state index is 0.232. The lowest BCUT2D eigenvalue weighted by Gasteiger charge is -2.16. The van der Waals surface area contributed by atoms with Crippen LogP contribution in [0, 0.1) is 6.92 Å². The Bertz CT molecular complexity index is 996. The van der Waals surface area contributed by atoms with Crippen LogP contribution in [-0.4, -0.2) is 35.9 Å². The highest BCUT2D eigenvalue weighted by atomic mass is 19.3. The highest BCUT2D eigenvalue weighted by molar-refractivity contribution is 5.91. The van der Waals surface area contributed by atoms with Gasteiger partial charge in [0.15, 0.2) is 11.5 Å². The van der Waals surface area contributed by atoms with Crippen molar-refractivity contribution in [1.29, 1.82) is 0 Å². The number of hydrogen-bond acceptors (Lipinski definition) is 6. The second-order valence-electron chi connectivity index (χ2n) is 6.26. The molecule has 0 aliphatic heterocycles. The molecule has 0 fully saturated rings. The molecule has 0 saturated heterocycles. The van der Waals surface area contributed by atoms with Crippen LogP contribution in [0.5, 0.6) is 11.5 Å². The lowest BCUT2D eigenvalue weighted by molar-refractivity contribution is -0.0556. The first-order valence-corrected chi connectivity index (χ1v) is 8.60. The maximum atomic E-state index is 13.7. The summed E-state index contributed by atoms with van der Waals surface area (Å²) in [7, 11) is 3.09. The van der Waals surface area contributed by atoms with Gasteiger partial charge in [0.1, 0.15) is 18.2 Å². The largest absolute Gasteiger partial charge is 0.493 e. The number of aliphatic hydroxyl groups excluding tert-OH is 1. The number of aliphatic hydroxyl groups is 1. The second-order valence-corrected chi connectivity index (χ2v) is 6.26. The molecule has 0 radical (unpaired) electrons. The fourth-order valence-electron chi connectivity index (χ4n) is 2.89. The van der Waals surface area contributed by atoms with Crippen molar-refractivity contribution in [2.75, 3.05) is 26.1 Å². The summed E-state index contributed by atoms with van der Waals surface area (Å²) in [5.74, 6) is -1.07. The normalized spacial score (nSPS) is 11.5. The maximum absolute atomic E-state index is 13.7. The van der Waals surface area contributed by atoms with Gasteiger partial charge in [-0.3, -0.25) is 0 Å². The van der Waals surface area contributed by atoms with Crippen LogP contribution in [0.25, 0.3) is 10.9 Å². The van der Waals surface area contributed by atoms with Crippen LogP contribution < -0.4 is 14.8 Å². The van der Waals surface area contributed by atoms with Gasteiger partial charge < -0.3 is 19.9 Å². The zero-order valence-electron chi connectivity index (χ0n) is 15.8. The first-order chi connectivity index (χ1) is 13.4. The predicted octanol–water partition coefficient (Wildman–Crippen LogP) is 3.65. The quantitative estimate of drug-likeness (QED) is 0.642. The number of ether oxygens (including phenoxy) is 2.